The van der Waals surface area contributed by atoms with E-state index in [-0.39, 0.29) is 23.6 Å². The van der Waals surface area contributed by atoms with E-state index in [2.05, 4.69) is 12.1 Å². The van der Waals surface area contributed by atoms with Crippen molar-refractivity contribution < 1.29 is 14.1 Å². The number of halogens is 1. The average molecular weight is 402 g/mol. The van der Waals surface area contributed by atoms with E-state index in [1.54, 1.807) is 19.1 Å². The van der Waals surface area contributed by atoms with Crippen LogP contribution in [0.3, 0.4) is 0 Å². The Bertz CT molecular complexity index is 912. The number of hydrogen-bond donors (Lipinski definition) is 0. The van der Waals surface area contributed by atoms with Gasteiger partial charge in [0.05, 0.1) is 16.6 Å². The van der Waals surface area contributed by atoms with Crippen molar-refractivity contribution in [2.45, 2.75) is 51.1 Å². The maximum absolute atomic E-state index is 13.3. The van der Waals surface area contributed by atoms with Crippen molar-refractivity contribution in [3.8, 4) is 11.3 Å². The highest BCUT2D eigenvalue weighted by molar-refractivity contribution is 6.33. The fourth-order valence-electron chi connectivity index (χ4n) is 4.76. The molecule has 0 spiro atoms. The molecule has 4 rings (SSSR count). The van der Waals surface area contributed by atoms with Crippen molar-refractivity contribution in [2.75, 3.05) is 13.1 Å². The fraction of sp³-hybridized carbons (Fsp3) is 0.476. The molecule has 28 heavy (non-hydrogen) atoms. The first-order chi connectivity index (χ1) is 13.4. The van der Waals surface area contributed by atoms with Crippen molar-refractivity contribution in [1.29, 1.82) is 0 Å². The van der Waals surface area contributed by atoms with Crippen LogP contribution in [-0.2, 0) is 4.79 Å². The van der Waals surface area contributed by atoms with Crippen molar-refractivity contribution in [3.63, 3.8) is 0 Å². The molecule has 0 unspecified atom stereocenters. The monoisotopic (exact) mass is 401 g/mol. The van der Waals surface area contributed by atoms with Crippen LogP contribution < -0.4 is 0 Å². The average Bonchev–Trinajstić information content (AvgIpc) is 3.16. The highest BCUT2D eigenvalue weighted by Gasteiger charge is 2.50. The van der Waals surface area contributed by atoms with Crippen molar-refractivity contribution in [2.24, 2.45) is 0 Å². The number of nitrogens with zero attached hydrogens (tertiary/aromatic N) is 3. The van der Waals surface area contributed by atoms with Crippen LogP contribution in [0.25, 0.3) is 11.3 Å². The van der Waals surface area contributed by atoms with Crippen LogP contribution in [0.4, 0.5) is 0 Å². The zero-order valence-electron chi connectivity index (χ0n) is 16.2. The Hall–Kier alpha value is -2.34. The number of aromatic nitrogens is 1. The number of hydrogen-bond acceptors (Lipinski definition) is 4. The van der Waals surface area contributed by atoms with Gasteiger partial charge in [0.25, 0.3) is 5.91 Å². The van der Waals surface area contributed by atoms with E-state index in [9.17, 15) is 9.59 Å². The molecular weight excluding hydrogens is 378 g/mol. The van der Waals surface area contributed by atoms with E-state index in [1.807, 2.05) is 28.0 Å². The number of rotatable bonds is 2. The van der Waals surface area contributed by atoms with Crippen LogP contribution in [0, 0.1) is 0 Å². The molecule has 0 aliphatic carbocycles. The SMILES string of the molecule is CC(=O)N1CCC[C@@]2(C)[C@@H]1CCCN2C(=O)c1cc(-c2ccccc2Cl)no1. The van der Waals surface area contributed by atoms with Crippen LogP contribution in [0.2, 0.25) is 5.02 Å². The number of carbonyl (C=O) groups excluding carboxylic acids is 2. The van der Waals surface area contributed by atoms with Gasteiger partial charge in [-0.05, 0) is 38.7 Å². The molecule has 6 nitrogen and oxygen atoms in total. The summed E-state index contributed by atoms with van der Waals surface area (Å²) in [6, 6.07) is 9.03. The summed E-state index contributed by atoms with van der Waals surface area (Å²) in [7, 11) is 0. The number of likely N-dealkylation sites (tertiary alicyclic amines) is 2. The van der Waals surface area contributed by atoms with E-state index >= 15 is 0 Å². The lowest BCUT2D eigenvalue weighted by atomic mass is 9.76. The molecule has 1 aromatic heterocycles. The topological polar surface area (TPSA) is 66.7 Å². The first-order valence-electron chi connectivity index (χ1n) is 9.72. The van der Waals surface area contributed by atoms with Gasteiger partial charge >= 0.3 is 0 Å². The largest absolute Gasteiger partial charge is 0.350 e. The normalized spacial score (nSPS) is 24.8. The minimum atomic E-state index is -0.392. The Kier molecular flexibility index (Phi) is 4.91. The van der Waals surface area contributed by atoms with Crippen LogP contribution in [0.1, 0.15) is 50.1 Å². The molecule has 2 aliphatic rings. The second kappa shape index (κ2) is 7.24. The molecule has 3 heterocycles. The maximum atomic E-state index is 13.3. The molecular formula is C21H24ClN3O3. The summed E-state index contributed by atoms with van der Waals surface area (Å²) in [5.74, 6) is 0.103. The fourth-order valence-corrected chi connectivity index (χ4v) is 4.99. The smallest absolute Gasteiger partial charge is 0.293 e. The van der Waals surface area contributed by atoms with Crippen LogP contribution in [0.5, 0.6) is 0 Å². The third-order valence-corrected chi connectivity index (χ3v) is 6.50. The molecule has 148 valence electrons. The molecule has 0 N–H and O–H groups in total. The molecule has 0 saturated carbocycles. The molecule has 2 atom stereocenters. The van der Waals surface area contributed by atoms with E-state index < -0.39 is 5.54 Å². The summed E-state index contributed by atoms with van der Waals surface area (Å²) >= 11 is 6.24. The van der Waals surface area contributed by atoms with Crippen LogP contribution in [0.15, 0.2) is 34.9 Å². The number of carbonyl (C=O) groups is 2. The Morgan fingerprint density at radius 1 is 1.25 bits per heavy atom. The molecule has 0 bridgehead atoms. The second-order valence-corrected chi connectivity index (χ2v) is 8.25. The van der Waals surface area contributed by atoms with Gasteiger partial charge in [-0.2, -0.15) is 0 Å². The molecule has 2 saturated heterocycles. The third-order valence-electron chi connectivity index (χ3n) is 6.17. The number of amides is 2. The van der Waals surface area contributed by atoms with Gasteiger partial charge in [0, 0.05) is 31.6 Å². The maximum Gasteiger partial charge on any atom is 0.293 e. The molecule has 2 fully saturated rings. The van der Waals surface area contributed by atoms with Gasteiger partial charge in [-0.15, -0.1) is 0 Å². The predicted octanol–water partition coefficient (Wildman–Crippen LogP) is 4.00. The molecule has 2 aliphatic heterocycles. The van der Waals surface area contributed by atoms with Crippen molar-refractivity contribution in [3.05, 3.63) is 41.1 Å². The summed E-state index contributed by atoms with van der Waals surface area (Å²) in [6.07, 6.45) is 3.54. The molecule has 7 heteroatoms. The van der Waals surface area contributed by atoms with Gasteiger partial charge in [-0.3, -0.25) is 9.59 Å². The summed E-state index contributed by atoms with van der Waals surface area (Å²) < 4.78 is 5.41. The third kappa shape index (κ3) is 3.09. The number of benzene rings is 1. The highest BCUT2D eigenvalue weighted by Crippen LogP contribution is 2.40. The highest BCUT2D eigenvalue weighted by atomic mass is 35.5. The van der Waals surface area contributed by atoms with Gasteiger partial charge in [0.1, 0.15) is 5.69 Å². The summed E-state index contributed by atoms with van der Waals surface area (Å²) in [4.78, 5) is 29.2. The lowest BCUT2D eigenvalue weighted by Gasteiger charge is -2.56. The molecule has 2 aromatic rings. The van der Waals surface area contributed by atoms with Crippen molar-refractivity contribution >= 4 is 23.4 Å². The van der Waals surface area contributed by atoms with Crippen molar-refractivity contribution in [1.82, 2.24) is 15.0 Å². The van der Waals surface area contributed by atoms with Gasteiger partial charge in [-0.25, -0.2) is 0 Å². The zero-order chi connectivity index (χ0) is 19.9. The van der Waals surface area contributed by atoms with Gasteiger partial charge < -0.3 is 14.3 Å². The van der Waals surface area contributed by atoms with E-state index in [0.29, 0.717) is 17.3 Å². The van der Waals surface area contributed by atoms with Gasteiger partial charge in [-0.1, -0.05) is 35.0 Å². The van der Waals surface area contributed by atoms with E-state index in [0.717, 1.165) is 37.8 Å². The lowest BCUT2D eigenvalue weighted by molar-refractivity contribution is -0.140. The summed E-state index contributed by atoms with van der Waals surface area (Å²) in [6.45, 7) is 5.12. The Morgan fingerprint density at radius 3 is 2.79 bits per heavy atom. The summed E-state index contributed by atoms with van der Waals surface area (Å²) in [5.41, 5.74) is 0.883. The van der Waals surface area contributed by atoms with E-state index in [1.165, 1.54) is 0 Å². The zero-order valence-corrected chi connectivity index (χ0v) is 16.9. The Morgan fingerprint density at radius 2 is 2.04 bits per heavy atom. The van der Waals surface area contributed by atoms with Crippen LogP contribution in [-0.4, -0.2) is 51.4 Å². The molecule has 2 amide bonds. The summed E-state index contributed by atoms with van der Waals surface area (Å²) in [5, 5.41) is 4.62. The Labute approximate surface area is 169 Å². The first-order valence-corrected chi connectivity index (χ1v) is 10.1. The quantitative estimate of drug-likeness (QED) is 0.762. The lowest BCUT2D eigenvalue weighted by Crippen LogP contribution is -2.68. The molecule has 0 radical (unpaired) electrons. The van der Waals surface area contributed by atoms with Gasteiger partial charge in [0.2, 0.25) is 11.7 Å². The van der Waals surface area contributed by atoms with E-state index in [4.69, 9.17) is 16.1 Å². The van der Waals surface area contributed by atoms with Gasteiger partial charge in [0.15, 0.2) is 0 Å². The second-order valence-electron chi connectivity index (χ2n) is 7.84. The number of piperidine rings is 2. The minimum Gasteiger partial charge on any atom is -0.350 e. The number of fused-ring (bicyclic) bond motifs is 1. The standard InChI is InChI=1S/C21H24ClN3O3/c1-14(26)24-11-6-10-21(2)19(24)9-5-12-25(21)20(27)18-13-17(23-28-18)15-7-3-4-8-16(15)22/h3-4,7-8,13,19H,5-6,9-12H2,1-2H3/t19-,21-/m0/s1. The predicted molar refractivity (Wildman–Crippen MR) is 106 cm³/mol. The minimum absolute atomic E-state index is 0.0439. The first kappa shape index (κ1) is 19.0. The van der Waals surface area contributed by atoms with Crippen LogP contribution >= 0.6 is 11.6 Å². The Balaban J connectivity index is 1.63. The molecule has 1 aromatic carbocycles.